The first-order valence-electron chi connectivity index (χ1n) is 1.22. The molecule has 0 fully saturated rings. The smallest absolute Gasteiger partial charge is 0 e. The Balaban J connectivity index is 0. The van der Waals surface area contributed by atoms with E-state index in [1.165, 1.54) is 0 Å². The number of hydrogen-bond donors (Lipinski definition) is 0. The molecule has 0 saturated heterocycles. The molecule has 0 heterocycles. The predicted octanol–water partition coefficient (Wildman–Crippen LogP) is 1.04. The van der Waals surface area contributed by atoms with E-state index in [0.29, 0.717) is 0 Å². The summed E-state index contributed by atoms with van der Waals surface area (Å²) in [6.07, 6.45) is 2.84. The van der Waals surface area contributed by atoms with Gasteiger partial charge in [0.15, 0.2) is 0 Å². The Morgan fingerprint density at radius 2 is 2.00 bits per heavy atom. The van der Waals surface area contributed by atoms with Crippen LogP contribution in [-0.2, 0) is 19.5 Å². The Morgan fingerprint density at radius 3 is 2.00 bits per heavy atom. The second-order valence-electron chi connectivity index (χ2n) is 0.524. The van der Waals surface area contributed by atoms with Gasteiger partial charge in [0, 0.05) is 19.5 Å². The molecule has 2 heteroatoms. The van der Waals surface area contributed by atoms with Gasteiger partial charge in [0.25, 0.3) is 0 Å². The van der Waals surface area contributed by atoms with Gasteiger partial charge in [-0.3, -0.25) is 0 Å². The molecule has 0 aliphatic rings. The minimum Gasteiger partial charge on any atom is -0.134 e. The predicted molar refractivity (Wildman–Crippen MR) is 24.8 cm³/mol. The molecule has 0 N–H and O–H groups in total. The van der Waals surface area contributed by atoms with Crippen molar-refractivity contribution in [2.45, 2.75) is 0 Å². The molecule has 0 amide bonds. The minimum atomic E-state index is 0. The van der Waals surface area contributed by atoms with Crippen LogP contribution in [0.15, 0.2) is 12.7 Å². The van der Waals surface area contributed by atoms with Crippen molar-refractivity contribution in [3.8, 4) is 0 Å². The maximum atomic E-state index is 3.46. The molecule has 0 nitrogen and oxygen atoms in total. The van der Waals surface area contributed by atoms with Crippen molar-refractivity contribution in [1.82, 2.24) is 0 Å². The first-order chi connectivity index (χ1) is 1.91. The van der Waals surface area contributed by atoms with Crippen LogP contribution in [0, 0.1) is 0 Å². The number of allylic oxidation sites excluding steroid dienone is 1. The normalized spacial score (nSPS) is 5.00. The zero-order valence-electron chi connectivity index (χ0n) is 2.90. The van der Waals surface area contributed by atoms with Gasteiger partial charge in [-0.1, -0.05) is 6.08 Å². The molecular weight excluding hydrogens is 170 g/mol. The van der Waals surface area contributed by atoms with Crippen LogP contribution in [0.5, 0.6) is 0 Å². The summed E-state index contributed by atoms with van der Waals surface area (Å²) in [5.41, 5.74) is 0. The number of hydrogen-bond acceptors (Lipinski definition) is 0. The van der Waals surface area contributed by atoms with E-state index >= 15 is 0 Å². The maximum Gasteiger partial charge on any atom is 0 e. The minimum absolute atomic E-state index is 0. The quantitative estimate of drug-likeness (QED) is 0.319. The molecule has 0 bridgehead atoms. The third kappa shape index (κ3) is 11.6. The Morgan fingerprint density at radius 1 is 1.80 bits per heavy atom. The standard InChI is InChI=1S/C3H7P.Rh/c1-2-3-4;/h2H,1,3-4H2;. The van der Waals surface area contributed by atoms with Gasteiger partial charge in [-0.05, 0) is 6.16 Å². The molecule has 1 unspecified atom stereocenters. The van der Waals surface area contributed by atoms with E-state index in [1.54, 1.807) is 0 Å². The van der Waals surface area contributed by atoms with Crippen molar-refractivity contribution < 1.29 is 19.5 Å². The summed E-state index contributed by atoms with van der Waals surface area (Å²) in [4.78, 5) is 0. The van der Waals surface area contributed by atoms with Gasteiger partial charge < -0.3 is 0 Å². The molecule has 5 heavy (non-hydrogen) atoms. The van der Waals surface area contributed by atoms with Gasteiger partial charge in [-0.2, -0.15) is 0 Å². The Labute approximate surface area is 48.0 Å². The van der Waals surface area contributed by atoms with Crippen molar-refractivity contribution in [2.75, 3.05) is 6.16 Å². The molecule has 0 aromatic heterocycles. The van der Waals surface area contributed by atoms with E-state index in [0.717, 1.165) is 6.16 Å². The number of rotatable bonds is 1. The van der Waals surface area contributed by atoms with Crippen LogP contribution >= 0.6 is 9.24 Å². The zero-order chi connectivity index (χ0) is 3.41. The second-order valence-corrected chi connectivity index (χ2v) is 0.996. The fourth-order valence-corrected chi connectivity index (χ4v) is 0. The van der Waals surface area contributed by atoms with Crippen molar-refractivity contribution in [3.63, 3.8) is 0 Å². The zero-order valence-corrected chi connectivity index (χ0v) is 5.70. The van der Waals surface area contributed by atoms with Crippen molar-refractivity contribution in [1.29, 1.82) is 0 Å². The largest absolute Gasteiger partial charge is 0.134 e. The van der Waals surface area contributed by atoms with Gasteiger partial charge in [-0.25, -0.2) is 0 Å². The van der Waals surface area contributed by atoms with Gasteiger partial charge >= 0.3 is 0 Å². The van der Waals surface area contributed by atoms with E-state index < -0.39 is 0 Å². The summed E-state index contributed by atoms with van der Waals surface area (Å²) in [6.45, 7) is 3.46. The van der Waals surface area contributed by atoms with Gasteiger partial charge in [-0.15, -0.1) is 15.8 Å². The van der Waals surface area contributed by atoms with Crippen LogP contribution in [0.1, 0.15) is 0 Å². The molecule has 33 valence electrons. The van der Waals surface area contributed by atoms with E-state index in [1.807, 2.05) is 6.08 Å². The molecule has 0 spiro atoms. The summed E-state index contributed by atoms with van der Waals surface area (Å²) < 4.78 is 0. The monoisotopic (exact) mass is 177 g/mol. The molecule has 0 aliphatic carbocycles. The van der Waals surface area contributed by atoms with E-state index in [-0.39, 0.29) is 19.5 Å². The molecule has 0 saturated carbocycles. The van der Waals surface area contributed by atoms with Crippen LogP contribution in [0.3, 0.4) is 0 Å². The van der Waals surface area contributed by atoms with Crippen LogP contribution in [0.4, 0.5) is 0 Å². The van der Waals surface area contributed by atoms with Crippen LogP contribution in [0.25, 0.3) is 0 Å². The maximum absolute atomic E-state index is 3.46. The Hall–Kier alpha value is 0.793. The van der Waals surface area contributed by atoms with Crippen molar-refractivity contribution >= 4 is 9.24 Å². The summed E-state index contributed by atoms with van der Waals surface area (Å²) in [7, 11) is 2.54. The second kappa shape index (κ2) is 8.84. The Bertz CT molecular complexity index is 20.9. The van der Waals surface area contributed by atoms with Gasteiger partial charge in [0.05, 0.1) is 0 Å². The fraction of sp³-hybridized carbons (Fsp3) is 0.333. The van der Waals surface area contributed by atoms with E-state index in [4.69, 9.17) is 0 Å². The molecule has 1 atom stereocenters. The molecule has 0 aromatic carbocycles. The molecular formula is C3H7PRh. The molecule has 0 aromatic rings. The Kier molecular flexibility index (Phi) is 16.4. The molecule has 0 aliphatic heterocycles. The van der Waals surface area contributed by atoms with Gasteiger partial charge in [0.2, 0.25) is 0 Å². The average Bonchev–Trinajstić information content (AvgIpc) is 1.37. The van der Waals surface area contributed by atoms with E-state index in [9.17, 15) is 0 Å². The van der Waals surface area contributed by atoms with Crippen molar-refractivity contribution in [3.05, 3.63) is 12.7 Å². The van der Waals surface area contributed by atoms with Gasteiger partial charge in [0.1, 0.15) is 0 Å². The van der Waals surface area contributed by atoms with Crippen LogP contribution in [-0.4, -0.2) is 6.16 Å². The van der Waals surface area contributed by atoms with Crippen LogP contribution in [0.2, 0.25) is 0 Å². The van der Waals surface area contributed by atoms with E-state index in [2.05, 4.69) is 15.8 Å². The topological polar surface area (TPSA) is 0 Å². The van der Waals surface area contributed by atoms with Crippen LogP contribution < -0.4 is 0 Å². The summed E-state index contributed by atoms with van der Waals surface area (Å²) in [5, 5.41) is 0. The van der Waals surface area contributed by atoms with Crippen molar-refractivity contribution in [2.24, 2.45) is 0 Å². The SMILES string of the molecule is C=CCP.[Rh]. The first kappa shape index (κ1) is 9.25. The average molecular weight is 177 g/mol. The first-order valence-corrected chi connectivity index (χ1v) is 2.04. The summed E-state index contributed by atoms with van der Waals surface area (Å²) in [6, 6.07) is 0. The summed E-state index contributed by atoms with van der Waals surface area (Å²) >= 11 is 0. The third-order valence-electron chi connectivity index (χ3n) is 0.167. The fourth-order valence-electron chi connectivity index (χ4n) is 0. The third-order valence-corrected chi connectivity index (χ3v) is 0.500. The summed E-state index contributed by atoms with van der Waals surface area (Å²) in [5.74, 6) is 0. The molecule has 1 radical (unpaired) electrons. The molecule has 0 rings (SSSR count).